The first-order valence-electron chi connectivity index (χ1n) is 11.3. The molecule has 0 spiro atoms. The standard InChI is InChI=1S/C25H40O4/c1-7-29-22(26)11-8-10-18(2)12-14-20-19(3)13-15-21-24(20,4)16-9-17-25(21,5)23(27)28-6/h10,20-21H,3,7-9,11-17H2,1-2,4-6H3/b18-10+/t20-,21+,24+,25-/m0/s1. The smallest absolute Gasteiger partial charge is 0.311 e. The van der Waals surface area contributed by atoms with E-state index in [1.165, 1.54) is 18.3 Å². The summed E-state index contributed by atoms with van der Waals surface area (Å²) < 4.78 is 10.2. The first kappa shape index (κ1) is 23.7. The SMILES string of the molecule is C=C1CC[C@@H]2[C@](C)(CCC[C@]2(C)C(=O)OC)[C@H]1CC/C(C)=C/CCC(=O)OCC. The number of carbonyl (C=O) groups is 2. The van der Waals surface area contributed by atoms with Crippen LogP contribution in [-0.2, 0) is 19.1 Å². The highest BCUT2D eigenvalue weighted by Gasteiger charge is 2.57. The maximum Gasteiger partial charge on any atom is 0.311 e. The van der Waals surface area contributed by atoms with Crippen LogP contribution in [0.25, 0.3) is 0 Å². The molecule has 0 aliphatic heterocycles. The van der Waals surface area contributed by atoms with Crippen LogP contribution in [0.4, 0.5) is 0 Å². The van der Waals surface area contributed by atoms with Gasteiger partial charge >= 0.3 is 11.9 Å². The van der Waals surface area contributed by atoms with E-state index in [9.17, 15) is 9.59 Å². The molecule has 2 aliphatic rings. The van der Waals surface area contributed by atoms with E-state index in [-0.39, 0.29) is 22.8 Å². The molecule has 0 bridgehead atoms. The van der Waals surface area contributed by atoms with E-state index in [0.717, 1.165) is 51.4 Å². The Morgan fingerprint density at radius 2 is 1.97 bits per heavy atom. The van der Waals surface area contributed by atoms with Crippen molar-refractivity contribution < 1.29 is 19.1 Å². The molecule has 0 aromatic rings. The molecule has 0 saturated heterocycles. The zero-order valence-corrected chi connectivity index (χ0v) is 19.1. The topological polar surface area (TPSA) is 52.6 Å². The second-order valence-electron chi connectivity index (χ2n) is 9.50. The van der Waals surface area contributed by atoms with Gasteiger partial charge < -0.3 is 9.47 Å². The van der Waals surface area contributed by atoms with Crippen LogP contribution in [0.15, 0.2) is 23.8 Å². The molecule has 0 aromatic heterocycles. The van der Waals surface area contributed by atoms with Crippen LogP contribution in [-0.4, -0.2) is 25.7 Å². The summed E-state index contributed by atoms with van der Waals surface area (Å²) in [6, 6.07) is 0. The predicted octanol–water partition coefficient (Wildman–Crippen LogP) is 6.01. The lowest BCUT2D eigenvalue weighted by molar-refractivity contribution is -0.168. The van der Waals surface area contributed by atoms with Gasteiger partial charge in [0.1, 0.15) is 0 Å². The molecule has 0 amide bonds. The Morgan fingerprint density at radius 1 is 1.24 bits per heavy atom. The molecule has 4 heteroatoms. The van der Waals surface area contributed by atoms with Gasteiger partial charge in [0, 0.05) is 6.42 Å². The minimum absolute atomic E-state index is 0.0465. The van der Waals surface area contributed by atoms with Crippen molar-refractivity contribution >= 4 is 11.9 Å². The van der Waals surface area contributed by atoms with E-state index in [0.29, 0.717) is 24.9 Å². The highest BCUT2D eigenvalue weighted by atomic mass is 16.5. The van der Waals surface area contributed by atoms with Crippen molar-refractivity contribution in [3.05, 3.63) is 23.8 Å². The number of esters is 2. The molecule has 4 atom stereocenters. The van der Waals surface area contributed by atoms with Crippen molar-refractivity contribution in [2.24, 2.45) is 22.7 Å². The summed E-state index contributed by atoms with van der Waals surface area (Å²) in [5.41, 5.74) is 2.38. The Morgan fingerprint density at radius 3 is 2.62 bits per heavy atom. The summed E-state index contributed by atoms with van der Waals surface area (Å²) in [7, 11) is 1.52. The third kappa shape index (κ3) is 5.13. The quantitative estimate of drug-likeness (QED) is 0.367. The van der Waals surface area contributed by atoms with Gasteiger partial charge in [-0.3, -0.25) is 9.59 Å². The van der Waals surface area contributed by atoms with Gasteiger partial charge in [-0.05, 0) is 83.0 Å². The number of allylic oxidation sites excluding steroid dienone is 3. The second-order valence-corrected chi connectivity index (χ2v) is 9.50. The summed E-state index contributed by atoms with van der Waals surface area (Å²) >= 11 is 0. The Hall–Kier alpha value is -1.58. The fourth-order valence-electron chi connectivity index (χ4n) is 6.10. The molecule has 0 radical (unpaired) electrons. The van der Waals surface area contributed by atoms with Gasteiger partial charge in [0.2, 0.25) is 0 Å². The monoisotopic (exact) mass is 404 g/mol. The largest absolute Gasteiger partial charge is 0.469 e. The number of ether oxygens (including phenoxy) is 2. The van der Waals surface area contributed by atoms with Gasteiger partial charge in [-0.2, -0.15) is 0 Å². The Kier molecular flexibility index (Phi) is 8.13. The normalized spacial score (nSPS) is 32.4. The zero-order chi connectivity index (χ0) is 21.7. The molecule has 164 valence electrons. The Balaban J connectivity index is 2.06. The average Bonchev–Trinajstić information content (AvgIpc) is 2.66. The van der Waals surface area contributed by atoms with Gasteiger partial charge in [0.15, 0.2) is 0 Å². The van der Waals surface area contributed by atoms with Crippen molar-refractivity contribution in [1.82, 2.24) is 0 Å². The van der Waals surface area contributed by atoms with Crippen LogP contribution in [0.1, 0.15) is 85.5 Å². The minimum atomic E-state index is -0.384. The van der Waals surface area contributed by atoms with E-state index in [1.807, 2.05) is 6.92 Å². The maximum absolute atomic E-state index is 12.7. The third-order valence-electron chi connectivity index (χ3n) is 7.65. The van der Waals surface area contributed by atoms with E-state index < -0.39 is 0 Å². The molecule has 2 saturated carbocycles. The van der Waals surface area contributed by atoms with E-state index in [2.05, 4.69) is 33.4 Å². The molecule has 2 fully saturated rings. The molecule has 29 heavy (non-hydrogen) atoms. The second kappa shape index (κ2) is 9.95. The molecule has 0 N–H and O–H groups in total. The van der Waals surface area contributed by atoms with Crippen molar-refractivity contribution in [3.63, 3.8) is 0 Å². The van der Waals surface area contributed by atoms with Crippen LogP contribution in [0, 0.1) is 22.7 Å². The number of carbonyl (C=O) groups excluding carboxylic acids is 2. The lowest BCUT2D eigenvalue weighted by atomic mass is 9.46. The van der Waals surface area contributed by atoms with Crippen molar-refractivity contribution in [2.45, 2.75) is 85.5 Å². The van der Waals surface area contributed by atoms with Gasteiger partial charge in [0.25, 0.3) is 0 Å². The number of hydrogen-bond donors (Lipinski definition) is 0. The van der Waals surface area contributed by atoms with E-state index in [4.69, 9.17) is 9.47 Å². The summed E-state index contributed by atoms with van der Waals surface area (Å²) in [5, 5.41) is 0. The fourth-order valence-corrected chi connectivity index (χ4v) is 6.10. The van der Waals surface area contributed by atoms with Gasteiger partial charge in [-0.1, -0.05) is 37.1 Å². The molecule has 2 aliphatic carbocycles. The highest BCUT2D eigenvalue weighted by molar-refractivity contribution is 5.77. The molecule has 0 unspecified atom stereocenters. The number of fused-ring (bicyclic) bond motifs is 1. The van der Waals surface area contributed by atoms with Gasteiger partial charge in [0.05, 0.1) is 19.1 Å². The Bertz CT molecular complexity index is 649. The number of methoxy groups -OCH3 is 1. The maximum atomic E-state index is 12.7. The first-order valence-corrected chi connectivity index (χ1v) is 11.3. The minimum Gasteiger partial charge on any atom is -0.469 e. The van der Waals surface area contributed by atoms with Crippen LogP contribution in [0.2, 0.25) is 0 Å². The average molecular weight is 405 g/mol. The molecular weight excluding hydrogens is 364 g/mol. The number of hydrogen-bond acceptors (Lipinski definition) is 4. The molecular formula is C25H40O4. The summed E-state index contributed by atoms with van der Waals surface area (Å²) in [6.45, 7) is 13.4. The Labute approximate surface area is 177 Å². The van der Waals surface area contributed by atoms with Gasteiger partial charge in [-0.15, -0.1) is 0 Å². The molecule has 2 rings (SSSR count). The van der Waals surface area contributed by atoms with Crippen molar-refractivity contribution in [1.29, 1.82) is 0 Å². The van der Waals surface area contributed by atoms with Crippen molar-refractivity contribution in [3.8, 4) is 0 Å². The third-order valence-corrected chi connectivity index (χ3v) is 7.65. The predicted molar refractivity (Wildman–Crippen MR) is 116 cm³/mol. The number of rotatable bonds is 8. The lowest BCUT2D eigenvalue weighted by Crippen LogP contribution is -2.53. The summed E-state index contributed by atoms with van der Waals surface area (Å²) in [4.78, 5) is 24.2. The van der Waals surface area contributed by atoms with Crippen LogP contribution in [0.5, 0.6) is 0 Å². The summed E-state index contributed by atoms with van der Waals surface area (Å²) in [5.74, 6) is 0.602. The van der Waals surface area contributed by atoms with E-state index >= 15 is 0 Å². The van der Waals surface area contributed by atoms with Gasteiger partial charge in [-0.25, -0.2) is 0 Å². The van der Waals surface area contributed by atoms with Crippen LogP contribution < -0.4 is 0 Å². The lowest BCUT2D eigenvalue weighted by Gasteiger charge is -2.57. The van der Waals surface area contributed by atoms with E-state index in [1.54, 1.807) is 0 Å². The van der Waals surface area contributed by atoms with Crippen LogP contribution in [0.3, 0.4) is 0 Å². The fraction of sp³-hybridized carbons (Fsp3) is 0.760. The molecule has 0 aromatic carbocycles. The molecule has 4 nitrogen and oxygen atoms in total. The summed E-state index contributed by atoms with van der Waals surface area (Å²) in [6.07, 6.45) is 10.6. The highest BCUT2D eigenvalue weighted by Crippen LogP contribution is 2.62. The van der Waals surface area contributed by atoms with Crippen molar-refractivity contribution in [2.75, 3.05) is 13.7 Å². The molecule has 0 heterocycles. The first-order chi connectivity index (χ1) is 13.7. The zero-order valence-electron chi connectivity index (χ0n) is 19.1. The van der Waals surface area contributed by atoms with Crippen LogP contribution >= 0.6 is 0 Å².